The van der Waals surface area contributed by atoms with Crippen LogP contribution in [-0.4, -0.2) is 39.4 Å². The maximum absolute atomic E-state index is 13.0. The second kappa shape index (κ2) is 7.26. The van der Waals surface area contributed by atoms with Crippen LogP contribution in [0.4, 0.5) is 0 Å². The maximum atomic E-state index is 13.0. The minimum atomic E-state index is -0.0900. The highest BCUT2D eigenvalue weighted by Gasteiger charge is 2.27. The third-order valence-electron chi connectivity index (χ3n) is 5.37. The number of carbonyl (C=O) groups is 2. The number of hydrogen-bond donors (Lipinski definition) is 3. The van der Waals surface area contributed by atoms with Gasteiger partial charge < -0.3 is 20.2 Å². The first-order chi connectivity index (χ1) is 13.2. The van der Waals surface area contributed by atoms with Crippen molar-refractivity contribution < 1.29 is 9.59 Å². The number of fused-ring (bicyclic) bond motifs is 1. The lowest BCUT2D eigenvalue weighted by atomic mass is 9.85. The van der Waals surface area contributed by atoms with Crippen LogP contribution in [0.5, 0.6) is 0 Å². The number of carbonyl (C=O) groups excluding carboxylic acids is 2. The molecule has 3 aromatic rings. The van der Waals surface area contributed by atoms with Gasteiger partial charge in [0.1, 0.15) is 0 Å². The Morgan fingerprint density at radius 1 is 1.22 bits per heavy atom. The predicted octanol–water partition coefficient (Wildman–Crippen LogP) is 2.39. The standard InChI is InChI=1S/C20H23N5O2/c1-21-19(26)13-2-4-15(5-3-13)24-20(27)17-11-16(25-9-8-22-12-25)10-14-6-7-23-18(14)17/h6-13,15,23H,2-5H2,1H3,(H,21,26)(H,24,27)/t13-,15+. The van der Waals surface area contributed by atoms with Crippen LogP contribution in [0.1, 0.15) is 36.0 Å². The van der Waals surface area contributed by atoms with E-state index < -0.39 is 0 Å². The van der Waals surface area contributed by atoms with Gasteiger partial charge in [0.05, 0.1) is 17.4 Å². The first-order valence-electron chi connectivity index (χ1n) is 9.27. The highest BCUT2D eigenvalue weighted by Crippen LogP contribution is 2.26. The average molecular weight is 365 g/mol. The molecule has 7 heteroatoms. The van der Waals surface area contributed by atoms with Crippen LogP contribution in [-0.2, 0) is 4.79 Å². The van der Waals surface area contributed by atoms with Crippen molar-refractivity contribution >= 4 is 22.7 Å². The maximum Gasteiger partial charge on any atom is 0.253 e. The minimum absolute atomic E-state index is 0.0582. The Hall–Kier alpha value is -3.09. The monoisotopic (exact) mass is 365 g/mol. The molecular weight excluding hydrogens is 342 g/mol. The number of rotatable bonds is 4. The van der Waals surface area contributed by atoms with E-state index in [9.17, 15) is 9.59 Å². The van der Waals surface area contributed by atoms with Gasteiger partial charge in [-0.3, -0.25) is 9.59 Å². The van der Waals surface area contributed by atoms with Gasteiger partial charge in [0.15, 0.2) is 0 Å². The van der Waals surface area contributed by atoms with Crippen molar-refractivity contribution in [3.05, 3.63) is 48.7 Å². The lowest BCUT2D eigenvalue weighted by Gasteiger charge is -2.28. The van der Waals surface area contributed by atoms with E-state index in [1.54, 1.807) is 19.6 Å². The predicted molar refractivity (Wildman–Crippen MR) is 103 cm³/mol. The molecule has 3 N–H and O–H groups in total. The summed E-state index contributed by atoms with van der Waals surface area (Å²) >= 11 is 0. The van der Waals surface area contributed by atoms with Crippen LogP contribution >= 0.6 is 0 Å². The summed E-state index contributed by atoms with van der Waals surface area (Å²) in [5.41, 5.74) is 2.35. The van der Waals surface area contributed by atoms with Crippen molar-refractivity contribution in [2.75, 3.05) is 7.05 Å². The molecule has 1 saturated carbocycles. The fourth-order valence-corrected chi connectivity index (χ4v) is 3.86. The van der Waals surface area contributed by atoms with Gasteiger partial charge in [0.2, 0.25) is 5.91 Å². The molecule has 0 atom stereocenters. The van der Waals surface area contributed by atoms with Gasteiger partial charge in [0, 0.05) is 48.7 Å². The molecule has 1 fully saturated rings. The SMILES string of the molecule is CNC(=O)[C@H]1CC[C@@H](NC(=O)c2cc(-n3ccnc3)cc3cc[nH]c23)CC1. The van der Waals surface area contributed by atoms with Crippen molar-refractivity contribution in [2.45, 2.75) is 31.7 Å². The van der Waals surface area contributed by atoms with E-state index >= 15 is 0 Å². The molecule has 0 unspecified atom stereocenters. The fourth-order valence-electron chi connectivity index (χ4n) is 3.86. The largest absolute Gasteiger partial charge is 0.361 e. The molecule has 1 aliphatic carbocycles. The Morgan fingerprint density at radius 3 is 2.74 bits per heavy atom. The van der Waals surface area contributed by atoms with Gasteiger partial charge in [0.25, 0.3) is 5.91 Å². The third-order valence-corrected chi connectivity index (χ3v) is 5.37. The van der Waals surface area contributed by atoms with E-state index in [4.69, 9.17) is 0 Å². The molecule has 0 radical (unpaired) electrons. The number of imidazole rings is 1. The zero-order valence-electron chi connectivity index (χ0n) is 15.2. The topological polar surface area (TPSA) is 91.8 Å². The summed E-state index contributed by atoms with van der Waals surface area (Å²) in [4.78, 5) is 32.0. The van der Waals surface area contributed by atoms with Crippen LogP contribution in [0.3, 0.4) is 0 Å². The van der Waals surface area contributed by atoms with Crippen LogP contribution in [0.25, 0.3) is 16.6 Å². The Labute approximate surface area is 157 Å². The zero-order chi connectivity index (χ0) is 18.8. The second-order valence-electron chi connectivity index (χ2n) is 7.04. The number of aromatic amines is 1. The molecule has 2 aromatic heterocycles. The van der Waals surface area contributed by atoms with Gasteiger partial charge in [-0.1, -0.05) is 0 Å². The molecule has 2 amide bonds. The molecule has 0 aliphatic heterocycles. The number of amides is 2. The molecule has 4 rings (SSSR count). The van der Waals surface area contributed by atoms with Gasteiger partial charge in [-0.25, -0.2) is 4.98 Å². The normalized spacial score (nSPS) is 19.7. The molecule has 1 aliphatic rings. The first kappa shape index (κ1) is 17.3. The van der Waals surface area contributed by atoms with Crippen LogP contribution < -0.4 is 10.6 Å². The molecule has 27 heavy (non-hydrogen) atoms. The first-order valence-corrected chi connectivity index (χ1v) is 9.27. The number of benzene rings is 1. The van der Waals surface area contributed by atoms with Gasteiger partial charge in [-0.15, -0.1) is 0 Å². The molecular formula is C20H23N5O2. The number of nitrogens with one attached hydrogen (secondary N) is 3. The van der Waals surface area contributed by atoms with Gasteiger partial charge in [-0.05, 0) is 43.9 Å². The minimum Gasteiger partial charge on any atom is -0.361 e. The van der Waals surface area contributed by atoms with Gasteiger partial charge >= 0.3 is 0 Å². The van der Waals surface area contributed by atoms with E-state index in [2.05, 4.69) is 20.6 Å². The number of H-pyrrole nitrogens is 1. The molecule has 1 aromatic carbocycles. The lowest BCUT2D eigenvalue weighted by Crippen LogP contribution is -2.40. The Balaban J connectivity index is 1.53. The van der Waals surface area contributed by atoms with Crippen molar-refractivity contribution in [1.29, 1.82) is 0 Å². The summed E-state index contributed by atoms with van der Waals surface area (Å²) in [5.74, 6) is 0.0662. The van der Waals surface area contributed by atoms with Crippen LogP contribution in [0, 0.1) is 5.92 Å². The highest BCUT2D eigenvalue weighted by molar-refractivity contribution is 6.06. The molecule has 7 nitrogen and oxygen atoms in total. The second-order valence-corrected chi connectivity index (χ2v) is 7.04. The summed E-state index contributed by atoms with van der Waals surface area (Å²) in [6.45, 7) is 0. The Bertz CT molecular complexity index is 952. The summed E-state index contributed by atoms with van der Waals surface area (Å²) in [5, 5.41) is 6.85. The number of aromatic nitrogens is 3. The van der Waals surface area contributed by atoms with E-state index in [1.165, 1.54) is 0 Å². The molecule has 2 heterocycles. The summed E-state index contributed by atoms with van der Waals surface area (Å²) in [6.07, 6.45) is 10.4. The molecule has 0 bridgehead atoms. The van der Waals surface area contributed by atoms with Crippen LogP contribution in [0.15, 0.2) is 43.1 Å². The lowest BCUT2D eigenvalue weighted by molar-refractivity contribution is -0.125. The summed E-state index contributed by atoms with van der Waals surface area (Å²) in [6, 6.07) is 5.96. The third kappa shape index (κ3) is 3.45. The van der Waals surface area contributed by atoms with E-state index in [1.807, 2.05) is 35.2 Å². The fraction of sp³-hybridized carbons (Fsp3) is 0.350. The van der Waals surface area contributed by atoms with Crippen molar-refractivity contribution in [2.24, 2.45) is 5.92 Å². The highest BCUT2D eigenvalue weighted by atomic mass is 16.2. The summed E-state index contributed by atoms with van der Waals surface area (Å²) < 4.78 is 1.89. The smallest absolute Gasteiger partial charge is 0.253 e. The van der Waals surface area contributed by atoms with E-state index in [-0.39, 0.29) is 23.8 Å². The number of hydrogen-bond acceptors (Lipinski definition) is 3. The van der Waals surface area contributed by atoms with Crippen molar-refractivity contribution in [3.8, 4) is 5.69 Å². The average Bonchev–Trinajstić information content (AvgIpc) is 3.38. The molecule has 140 valence electrons. The van der Waals surface area contributed by atoms with Gasteiger partial charge in [-0.2, -0.15) is 0 Å². The quantitative estimate of drug-likeness (QED) is 0.663. The van der Waals surface area contributed by atoms with Crippen molar-refractivity contribution in [3.63, 3.8) is 0 Å². The Morgan fingerprint density at radius 2 is 2.04 bits per heavy atom. The summed E-state index contributed by atoms with van der Waals surface area (Å²) in [7, 11) is 1.67. The van der Waals surface area contributed by atoms with Crippen LogP contribution in [0.2, 0.25) is 0 Å². The van der Waals surface area contributed by atoms with Crippen molar-refractivity contribution in [1.82, 2.24) is 25.2 Å². The van der Waals surface area contributed by atoms with E-state index in [0.717, 1.165) is 42.3 Å². The molecule has 0 saturated heterocycles. The zero-order valence-corrected chi connectivity index (χ0v) is 15.2. The molecule has 0 spiro atoms. The Kier molecular flexibility index (Phi) is 4.66. The number of nitrogens with zero attached hydrogens (tertiary/aromatic N) is 2. The van der Waals surface area contributed by atoms with E-state index in [0.29, 0.717) is 5.56 Å².